The Bertz CT molecular complexity index is 449. The van der Waals surface area contributed by atoms with Gasteiger partial charge in [0, 0.05) is 21.3 Å². The fraction of sp³-hybridized carbons (Fsp3) is 0.500. The van der Waals surface area contributed by atoms with Crippen molar-refractivity contribution in [2.75, 3.05) is 6.26 Å². The van der Waals surface area contributed by atoms with Crippen molar-refractivity contribution in [2.24, 2.45) is 0 Å². The second-order valence-corrected chi connectivity index (χ2v) is 6.75. The normalized spacial score (nSPS) is 23.1. The van der Waals surface area contributed by atoms with E-state index in [1.54, 1.807) is 0 Å². The molecule has 1 N–H and O–H groups in total. The van der Waals surface area contributed by atoms with E-state index in [1.165, 1.54) is 6.42 Å². The van der Waals surface area contributed by atoms with E-state index in [4.69, 9.17) is 0 Å². The van der Waals surface area contributed by atoms with Crippen LogP contribution in [0.3, 0.4) is 0 Å². The van der Waals surface area contributed by atoms with Gasteiger partial charge in [-0.2, -0.15) is 11.8 Å². The van der Waals surface area contributed by atoms with Crippen LogP contribution in [0.15, 0.2) is 22.7 Å². The molecule has 0 radical (unpaired) electrons. The van der Waals surface area contributed by atoms with Crippen LogP contribution >= 0.6 is 27.7 Å². The molecule has 1 aliphatic carbocycles. The molecule has 1 aromatic rings. The maximum Gasteiger partial charge on any atom is 0.251 e. The van der Waals surface area contributed by atoms with Gasteiger partial charge in [-0.3, -0.25) is 4.79 Å². The van der Waals surface area contributed by atoms with Crippen LogP contribution in [0.2, 0.25) is 0 Å². The fourth-order valence-corrected chi connectivity index (χ4v) is 3.56. The molecule has 2 rings (SSSR count). The topological polar surface area (TPSA) is 29.1 Å². The minimum atomic E-state index is 0.0561. The summed E-state index contributed by atoms with van der Waals surface area (Å²) >= 11 is 5.37. The first-order valence-corrected chi connectivity index (χ1v) is 8.28. The summed E-state index contributed by atoms with van der Waals surface area (Å²) in [5.74, 6) is 0.0561. The third kappa shape index (κ3) is 3.09. The minimum absolute atomic E-state index is 0.0561. The highest BCUT2D eigenvalue weighted by Crippen LogP contribution is 2.28. The number of rotatable bonds is 3. The van der Waals surface area contributed by atoms with E-state index in [9.17, 15) is 4.79 Å². The first-order valence-electron chi connectivity index (χ1n) is 6.20. The van der Waals surface area contributed by atoms with E-state index in [0.717, 1.165) is 28.4 Å². The number of hydrogen-bond donors (Lipinski definition) is 1. The molecule has 2 unspecified atom stereocenters. The van der Waals surface area contributed by atoms with Gasteiger partial charge in [-0.1, -0.05) is 22.0 Å². The molecule has 0 bridgehead atoms. The van der Waals surface area contributed by atoms with Crippen molar-refractivity contribution < 1.29 is 4.79 Å². The van der Waals surface area contributed by atoms with Crippen molar-refractivity contribution in [2.45, 2.75) is 37.5 Å². The molecule has 4 heteroatoms. The number of benzene rings is 1. The Hall–Kier alpha value is -0.480. The maximum absolute atomic E-state index is 12.2. The first-order chi connectivity index (χ1) is 8.61. The molecule has 2 nitrogen and oxygen atoms in total. The smallest absolute Gasteiger partial charge is 0.251 e. The monoisotopic (exact) mass is 327 g/mol. The lowest BCUT2D eigenvalue weighted by Crippen LogP contribution is -2.33. The molecule has 0 aliphatic heterocycles. The lowest BCUT2D eigenvalue weighted by atomic mass is 10.1. The zero-order valence-corrected chi connectivity index (χ0v) is 13.1. The number of nitrogens with one attached hydrogen (secondary N) is 1. The molecule has 98 valence electrons. The average molecular weight is 328 g/mol. The van der Waals surface area contributed by atoms with Crippen molar-refractivity contribution in [3.8, 4) is 0 Å². The maximum atomic E-state index is 12.2. The lowest BCUT2D eigenvalue weighted by molar-refractivity contribution is 0.0937. The Morgan fingerprint density at radius 1 is 1.44 bits per heavy atom. The summed E-state index contributed by atoms with van der Waals surface area (Å²) in [5.41, 5.74) is 1.78. The van der Waals surface area contributed by atoms with E-state index in [1.807, 2.05) is 36.9 Å². The van der Waals surface area contributed by atoms with Crippen LogP contribution in [0, 0.1) is 6.92 Å². The molecule has 1 amide bonds. The van der Waals surface area contributed by atoms with Gasteiger partial charge in [0.1, 0.15) is 0 Å². The highest BCUT2D eigenvalue weighted by atomic mass is 79.9. The molecule has 0 spiro atoms. The van der Waals surface area contributed by atoms with E-state index in [0.29, 0.717) is 11.3 Å². The van der Waals surface area contributed by atoms with Gasteiger partial charge in [-0.15, -0.1) is 0 Å². The van der Waals surface area contributed by atoms with Gasteiger partial charge in [0.05, 0.1) is 0 Å². The molecule has 0 saturated heterocycles. The molecule has 0 heterocycles. The lowest BCUT2D eigenvalue weighted by Gasteiger charge is -2.14. The van der Waals surface area contributed by atoms with Crippen molar-refractivity contribution in [1.82, 2.24) is 5.32 Å². The van der Waals surface area contributed by atoms with Crippen molar-refractivity contribution in [3.63, 3.8) is 0 Å². The first kappa shape index (κ1) is 13.9. The summed E-state index contributed by atoms with van der Waals surface area (Å²) in [5, 5.41) is 3.86. The molecule has 18 heavy (non-hydrogen) atoms. The second kappa shape index (κ2) is 6.11. The second-order valence-electron chi connectivity index (χ2n) is 4.75. The van der Waals surface area contributed by atoms with E-state index in [-0.39, 0.29) is 5.91 Å². The summed E-state index contributed by atoms with van der Waals surface area (Å²) in [7, 11) is 0. The van der Waals surface area contributed by atoms with Gasteiger partial charge in [-0.25, -0.2) is 0 Å². The molecular formula is C14H18BrNOS. The Balaban J connectivity index is 2.02. The van der Waals surface area contributed by atoms with Crippen LogP contribution < -0.4 is 5.32 Å². The molecule has 0 aromatic heterocycles. The van der Waals surface area contributed by atoms with Crippen LogP contribution in [-0.4, -0.2) is 23.5 Å². The number of hydrogen-bond acceptors (Lipinski definition) is 2. The quantitative estimate of drug-likeness (QED) is 0.915. The van der Waals surface area contributed by atoms with Crippen LogP contribution in [-0.2, 0) is 0 Å². The van der Waals surface area contributed by atoms with Crippen LogP contribution in [0.4, 0.5) is 0 Å². The highest BCUT2D eigenvalue weighted by Gasteiger charge is 2.25. The molecule has 2 atom stereocenters. The summed E-state index contributed by atoms with van der Waals surface area (Å²) in [6.07, 6.45) is 5.56. The largest absolute Gasteiger partial charge is 0.349 e. The Morgan fingerprint density at radius 3 is 2.89 bits per heavy atom. The Labute approximate surface area is 121 Å². The van der Waals surface area contributed by atoms with Crippen LogP contribution in [0.1, 0.15) is 35.2 Å². The highest BCUT2D eigenvalue weighted by molar-refractivity contribution is 9.10. The molecule has 1 aliphatic rings. The van der Waals surface area contributed by atoms with E-state index >= 15 is 0 Å². The Kier molecular flexibility index (Phi) is 4.73. The number of carbonyl (C=O) groups is 1. The molecule has 1 aromatic carbocycles. The third-order valence-electron chi connectivity index (χ3n) is 3.57. The predicted molar refractivity (Wildman–Crippen MR) is 81.3 cm³/mol. The van der Waals surface area contributed by atoms with Crippen LogP contribution in [0.5, 0.6) is 0 Å². The average Bonchev–Trinajstić information content (AvgIpc) is 2.80. The van der Waals surface area contributed by atoms with Gasteiger partial charge in [-0.05, 0) is 50.1 Å². The molecular weight excluding hydrogens is 310 g/mol. The SMILES string of the molecule is CSC1CCC(NC(=O)c2cccc(Br)c2C)C1. The zero-order chi connectivity index (χ0) is 13.1. The van der Waals surface area contributed by atoms with Gasteiger partial charge in [0.25, 0.3) is 5.91 Å². The fourth-order valence-electron chi connectivity index (χ4n) is 2.40. The zero-order valence-electron chi connectivity index (χ0n) is 10.7. The van der Waals surface area contributed by atoms with Gasteiger partial charge in [0.15, 0.2) is 0 Å². The van der Waals surface area contributed by atoms with Crippen LogP contribution in [0.25, 0.3) is 0 Å². The van der Waals surface area contributed by atoms with Crippen molar-refractivity contribution in [3.05, 3.63) is 33.8 Å². The standard InChI is InChI=1S/C14H18BrNOS/c1-9-12(4-3-5-13(9)15)14(17)16-10-6-7-11(8-10)18-2/h3-5,10-11H,6-8H2,1-2H3,(H,16,17). The number of amides is 1. The van der Waals surface area contributed by atoms with Gasteiger partial charge < -0.3 is 5.32 Å². The molecule has 1 saturated carbocycles. The van der Waals surface area contributed by atoms with Gasteiger partial charge in [0.2, 0.25) is 0 Å². The number of thioether (sulfide) groups is 1. The third-order valence-corrected chi connectivity index (χ3v) is 5.52. The van der Waals surface area contributed by atoms with Gasteiger partial charge >= 0.3 is 0 Å². The molecule has 1 fully saturated rings. The number of halogens is 1. The van der Waals surface area contributed by atoms with E-state index in [2.05, 4.69) is 27.5 Å². The summed E-state index contributed by atoms with van der Waals surface area (Å²) in [6.45, 7) is 1.97. The predicted octanol–water partition coefficient (Wildman–Crippen LogP) is 3.77. The van der Waals surface area contributed by atoms with Crippen molar-refractivity contribution >= 4 is 33.6 Å². The summed E-state index contributed by atoms with van der Waals surface area (Å²) in [6, 6.07) is 6.10. The summed E-state index contributed by atoms with van der Waals surface area (Å²) < 4.78 is 0.989. The summed E-state index contributed by atoms with van der Waals surface area (Å²) in [4.78, 5) is 12.2. The Morgan fingerprint density at radius 2 is 2.22 bits per heavy atom. The number of carbonyl (C=O) groups excluding carboxylic acids is 1. The van der Waals surface area contributed by atoms with Crippen molar-refractivity contribution in [1.29, 1.82) is 0 Å². The minimum Gasteiger partial charge on any atom is -0.349 e. The van der Waals surface area contributed by atoms with E-state index < -0.39 is 0 Å².